The van der Waals surface area contributed by atoms with Crippen LogP contribution >= 0.6 is 11.6 Å². The van der Waals surface area contributed by atoms with Crippen molar-refractivity contribution in [1.82, 2.24) is 9.97 Å². The molecule has 4 heteroatoms. The molecule has 2 aromatic rings. The van der Waals surface area contributed by atoms with Crippen LogP contribution in [-0.2, 0) is 0 Å². The predicted octanol–water partition coefficient (Wildman–Crippen LogP) is 6.30. The second kappa shape index (κ2) is 8.81. The number of hydrogen-bond donors (Lipinski definition) is 1. The molecule has 0 saturated heterocycles. The lowest BCUT2D eigenvalue weighted by atomic mass is 9.96. The van der Waals surface area contributed by atoms with Gasteiger partial charge in [0, 0.05) is 11.6 Å². The van der Waals surface area contributed by atoms with Crippen molar-refractivity contribution in [3.8, 4) is 11.3 Å². The second-order valence-corrected chi connectivity index (χ2v) is 6.92. The third-order valence-electron chi connectivity index (χ3n) is 4.67. The minimum Gasteiger partial charge on any atom is -0.351 e. The van der Waals surface area contributed by atoms with E-state index in [0.29, 0.717) is 17.0 Å². The normalized spacial score (nSPS) is 15.5. The van der Waals surface area contributed by atoms with Crippen molar-refractivity contribution < 1.29 is 0 Å². The largest absolute Gasteiger partial charge is 0.351 e. The number of hydrogen-bond acceptors (Lipinski definition) is 3. The lowest BCUT2D eigenvalue weighted by Gasteiger charge is -2.22. The van der Waals surface area contributed by atoms with Crippen LogP contribution in [0.25, 0.3) is 16.8 Å². The molecule has 1 heterocycles. The van der Waals surface area contributed by atoms with E-state index in [-0.39, 0.29) is 0 Å². The fraction of sp³-hybridized carbons (Fsp3) is 0.273. The fourth-order valence-corrected chi connectivity index (χ4v) is 3.52. The molecule has 1 aliphatic carbocycles. The summed E-state index contributed by atoms with van der Waals surface area (Å²) in [5.41, 5.74) is 3.75. The first kappa shape index (κ1) is 18.4. The van der Waals surface area contributed by atoms with E-state index < -0.39 is 0 Å². The molecular weight excluding hydrogens is 342 g/mol. The number of rotatable bonds is 6. The molecule has 0 atom stereocenters. The Labute approximate surface area is 160 Å². The number of benzene rings is 1. The van der Waals surface area contributed by atoms with Crippen LogP contribution in [0.1, 0.15) is 37.7 Å². The van der Waals surface area contributed by atoms with Gasteiger partial charge < -0.3 is 5.32 Å². The monoisotopic (exact) mass is 365 g/mol. The smallest absolute Gasteiger partial charge is 0.223 e. The maximum absolute atomic E-state index is 6.40. The van der Waals surface area contributed by atoms with Crippen molar-refractivity contribution in [2.45, 2.75) is 38.1 Å². The molecule has 134 valence electrons. The molecule has 1 fully saturated rings. The molecule has 1 saturated carbocycles. The molecule has 0 radical (unpaired) electrons. The second-order valence-electron chi connectivity index (χ2n) is 6.51. The van der Waals surface area contributed by atoms with E-state index in [1.54, 1.807) is 12.3 Å². The first-order valence-electron chi connectivity index (χ1n) is 9.06. The minimum absolute atomic E-state index is 0.451. The maximum atomic E-state index is 6.40. The highest BCUT2D eigenvalue weighted by Gasteiger charge is 2.15. The Morgan fingerprint density at radius 1 is 1.19 bits per heavy atom. The van der Waals surface area contributed by atoms with Crippen LogP contribution in [0.2, 0.25) is 5.02 Å². The predicted molar refractivity (Wildman–Crippen MR) is 111 cm³/mol. The van der Waals surface area contributed by atoms with Gasteiger partial charge in [-0.25, -0.2) is 9.97 Å². The van der Waals surface area contributed by atoms with Gasteiger partial charge in [0.1, 0.15) is 0 Å². The van der Waals surface area contributed by atoms with Gasteiger partial charge in [-0.05, 0) is 30.0 Å². The van der Waals surface area contributed by atoms with Gasteiger partial charge in [0.25, 0.3) is 0 Å². The van der Waals surface area contributed by atoms with Crippen molar-refractivity contribution >= 4 is 23.1 Å². The molecule has 0 aliphatic heterocycles. The van der Waals surface area contributed by atoms with Crippen LogP contribution in [0, 0.1) is 0 Å². The lowest BCUT2D eigenvalue weighted by Crippen LogP contribution is -2.23. The number of halogens is 1. The molecule has 1 N–H and O–H groups in total. The van der Waals surface area contributed by atoms with E-state index in [1.165, 1.54) is 32.1 Å². The van der Waals surface area contributed by atoms with E-state index in [4.69, 9.17) is 11.6 Å². The van der Waals surface area contributed by atoms with Crippen molar-refractivity contribution in [2.24, 2.45) is 0 Å². The van der Waals surface area contributed by atoms with Crippen LogP contribution in [-0.4, -0.2) is 16.0 Å². The number of anilines is 1. The molecule has 0 unspecified atom stereocenters. The van der Waals surface area contributed by atoms with E-state index in [1.807, 2.05) is 30.4 Å². The molecule has 26 heavy (non-hydrogen) atoms. The standard InChI is InChI=1S/C22H24ClN3/c1-3-9-16(4-2)17-10-8-11-18(14-17)21-20(23)15-24-22(26-21)25-19-12-6-5-7-13-19/h3-4,8-11,14-15,19H,1-2,5-7,12-13H2,(H,24,25,26)/b16-9+. The van der Waals surface area contributed by atoms with E-state index in [0.717, 1.165) is 22.4 Å². The van der Waals surface area contributed by atoms with E-state index >= 15 is 0 Å². The third-order valence-corrected chi connectivity index (χ3v) is 4.95. The molecule has 0 spiro atoms. The topological polar surface area (TPSA) is 37.8 Å². The third kappa shape index (κ3) is 4.41. The van der Waals surface area contributed by atoms with Crippen LogP contribution in [0.4, 0.5) is 5.95 Å². The average Bonchev–Trinajstić information content (AvgIpc) is 2.68. The van der Waals surface area contributed by atoms with Gasteiger partial charge in [0.15, 0.2) is 0 Å². The maximum Gasteiger partial charge on any atom is 0.223 e. The summed E-state index contributed by atoms with van der Waals surface area (Å²) in [6.45, 7) is 7.64. The number of aromatic nitrogens is 2. The number of nitrogens with zero attached hydrogens (tertiary/aromatic N) is 2. The quantitative estimate of drug-likeness (QED) is 0.610. The SMILES string of the molecule is C=C/C=C(\C=C)c1cccc(-c2nc(NC3CCCCC3)ncc2Cl)c1. The van der Waals surface area contributed by atoms with E-state index in [9.17, 15) is 0 Å². The zero-order chi connectivity index (χ0) is 18.4. The molecule has 0 bridgehead atoms. The first-order valence-corrected chi connectivity index (χ1v) is 9.44. The van der Waals surface area contributed by atoms with Gasteiger partial charge in [-0.15, -0.1) is 0 Å². The highest BCUT2D eigenvalue weighted by atomic mass is 35.5. The molecule has 0 amide bonds. The number of allylic oxidation sites excluding steroid dienone is 4. The summed E-state index contributed by atoms with van der Waals surface area (Å²) in [7, 11) is 0. The van der Waals surface area contributed by atoms with Crippen LogP contribution < -0.4 is 5.32 Å². The molecule has 3 rings (SSSR count). The summed E-state index contributed by atoms with van der Waals surface area (Å²) in [4.78, 5) is 9.06. The Morgan fingerprint density at radius 3 is 2.73 bits per heavy atom. The summed E-state index contributed by atoms with van der Waals surface area (Å²) >= 11 is 6.40. The average molecular weight is 366 g/mol. The van der Waals surface area contributed by atoms with Gasteiger partial charge in [-0.2, -0.15) is 0 Å². The molecule has 1 aliphatic rings. The van der Waals surface area contributed by atoms with Crippen molar-refractivity contribution in [1.29, 1.82) is 0 Å². The van der Waals surface area contributed by atoms with Gasteiger partial charge in [0.2, 0.25) is 5.95 Å². The van der Waals surface area contributed by atoms with Crippen LogP contribution in [0.15, 0.2) is 61.8 Å². The van der Waals surface area contributed by atoms with Gasteiger partial charge in [-0.1, -0.05) is 80.4 Å². The van der Waals surface area contributed by atoms with Gasteiger partial charge in [-0.3, -0.25) is 0 Å². The Bertz CT molecular complexity index is 820. The van der Waals surface area contributed by atoms with Crippen LogP contribution in [0.3, 0.4) is 0 Å². The summed E-state index contributed by atoms with van der Waals surface area (Å²) in [5.74, 6) is 0.646. The molecular formula is C22H24ClN3. The number of nitrogens with one attached hydrogen (secondary N) is 1. The summed E-state index contributed by atoms with van der Waals surface area (Å²) in [5, 5.41) is 4.01. The molecule has 1 aromatic heterocycles. The lowest BCUT2D eigenvalue weighted by molar-refractivity contribution is 0.461. The van der Waals surface area contributed by atoms with Crippen molar-refractivity contribution in [3.05, 3.63) is 72.4 Å². The molecule has 1 aromatic carbocycles. The zero-order valence-corrected chi connectivity index (χ0v) is 15.7. The Hall–Kier alpha value is -2.39. The Morgan fingerprint density at radius 2 is 2.00 bits per heavy atom. The van der Waals surface area contributed by atoms with Crippen molar-refractivity contribution in [3.63, 3.8) is 0 Å². The van der Waals surface area contributed by atoms with Crippen LogP contribution in [0.5, 0.6) is 0 Å². The van der Waals surface area contributed by atoms with Crippen molar-refractivity contribution in [2.75, 3.05) is 5.32 Å². The first-order chi connectivity index (χ1) is 12.7. The summed E-state index contributed by atoms with van der Waals surface area (Å²) < 4.78 is 0. The van der Waals surface area contributed by atoms with Gasteiger partial charge >= 0.3 is 0 Å². The zero-order valence-electron chi connectivity index (χ0n) is 14.9. The summed E-state index contributed by atoms with van der Waals surface area (Å²) in [6, 6.07) is 8.56. The molecule has 3 nitrogen and oxygen atoms in total. The fourth-order valence-electron chi connectivity index (χ4n) is 3.32. The Balaban J connectivity index is 1.90. The van der Waals surface area contributed by atoms with E-state index in [2.05, 4.69) is 34.5 Å². The van der Waals surface area contributed by atoms with Gasteiger partial charge in [0.05, 0.1) is 16.9 Å². The highest BCUT2D eigenvalue weighted by molar-refractivity contribution is 6.32. The summed E-state index contributed by atoms with van der Waals surface area (Å²) in [6.07, 6.45) is 13.4. The highest BCUT2D eigenvalue weighted by Crippen LogP contribution is 2.29. The minimum atomic E-state index is 0.451. The Kier molecular flexibility index (Phi) is 6.24.